The third-order valence-electron chi connectivity index (χ3n) is 3.60. The summed E-state index contributed by atoms with van der Waals surface area (Å²) in [6.07, 6.45) is -3.85. The van der Waals surface area contributed by atoms with E-state index in [1.807, 2.05) is 6.92 Å². The van der Waals surface area contributed by atoms with Gasteiger partial charge in [-0.25, -0.2) is 4.98 Å². The Bertz CT molecular complexity index is 949. The van der Waals surface area contributed by atoms with Crippen molar-refractivity contribution in [3.8, 4) is 5.75 Å². The number of alkyl halides is 3. The van der Waals surface area contributed by atoms with E-state index in [0.717, 1.165) is 10.7 Å². The van der Waals surface area contributed by atoms with E-state index in [4.69, 9.17) is 4.74 Å². The third kappa shape index (κ3) is 5.13. The van der Waals surface area contributed by atoms with Gasteiger partial charge in [-0.05, 0) is 43.3 Å². The van der Waals surface area contributed by atoms with E-state index in [2.05, 4.69) is 36.5 Å². The average Bonchev–Trinajstić information content (AvgIpc) is 2.63. The van der Waals surface area contributed by atoms with Crippen LogP contribution in [0.5, 0.6) is 5.75 Å². The van der Waals surface area contributed by atoms with Gasteiger partial charge in [0.1, 0.15) is 17.1 Å². The average molecular weight is 453 g/mol. The van der Waals surface area contributed by atoms with Crippen LogP contribution in [0.3, 0.4) is 0 Å². The van der Waals surface area contributed by atoms with Crippen LogP contribution in [-0.4, -0.2) is 16.6 Å². The van der Waals surface area contributed by atoms with Gasteiger partial charge in [-0.2, -0.15) is 18.2 Å². The van der Waals surface area contributed by atoms with Crippen LogP contribution in [0.25, 0.3) is 0 Å². The van der Waals surface area contributed by atoms with E-state index in [1.165, 1.54) is 0 Å². The number of benzene rings is 2. The zero-order valence-corrected chi connectivity index (χ0v) is 16.3. The molecule has 2 N–H and O–H groups in total. The van der Waals surface area contributed by atoms with E-state index in [0.29, 0.717) is 23.7 Å². The number of rotatable bonds is 6. The van der Waals surface area contributed by atoms with Gasteiger partial charge in [0.15, 0.2) is 0 Å². The zero-order valence-electron chi connectivity index (χ0n) is 14.7. The van der Waals surface area contributed by atoms with Crippen LogP contribution in [0.4, 0.5) is 36.3 Å². The monoisotopic (exact) mass is 452 g/mol. The first-order chi connectivity index (χ1) is 13.3. The molecule has 146 valence electrons. The molecule has 28 heavy (non-hydrogen) atoms. The maximum Gasteiger partial charge on any atom is 0.421 e. The summed E-state index contributed by atoms with van der Waals surface area (Å²) in [5, 5.41) is 5.61. The van der Waals surface area contributed by atoms with Crippen molar-refractivity contribution >= 4 is 39.1 Å². The molecule has 0 fully saturated rings. The van der Waals surface area contributed by atoms with E-state index in [1.54, 1.807) is 48.5 Å². The van der Waals surface area contributed by atoms with Crippen molar-refractivity contribution in [2.24, 2.45) is 0 Å². The van der Waals surface area contributed by atoms with Crippen molar-refractivity contribution in [3.63, 3.8) is 0 Å². The lowest BCUT2D eigenvalue weighted by Gasteiger charge is -2.15. The normalized spacial score (nSPS) is 11.2. The largest absolute Gasteiger partial charge is 0.494 e. The summed E-state index contributed by atoms with van der Waals surface area (Å²) >= 11 is 3.32. The molecule has 0 spiro atoms. The summed E-state index contributed by atoms with van der Waals surface area (Å²) in [5.41, 5.74) is 0.104. The second-order valence-electron chi connectivity index (χ2n) is 5.67. The van der Waals surface area contributed by atoms with E-state index < -0.39 is 11.7 Å². The Hall–Kier alpha value is -2.81. The second kappa shape index (κ2) is 8.47. The summed E-state index contributed by atoms with van der Waals surface area (Å²) in [5.74, 6) is 0.234. The highest BCUT2D eigenvalue weighted by Gasteiger charge is 2.35. The van der Waals surface area contributed by atoms with Crippen molar-refractivity contribution < 1.29 is 17.9 Å². The maximum absolute atomic E-state index is 13.4. The number of aromatic nitrogens is 2. The van der Waals surface area contributed by atoms with E-state index in [-0.39, 0.29) is 11.8 Å². The summed E-state index contributed by atoms with van der Waals surface area (Å²) in [6, 6.07) is 13.7. The fourth-order valence-corrected chi connectivity index (χ4v) is 2.64. The molecule has 1 aromatic heterocycles. The Labute approximate surface area is 168 Å². The van der Waals surface area contributed by atoms with Crippen molar-refractivity contribution in [2.75, 3.05) is 17.2 Å². The Balaban J connectivity index is 1.92. The Kier molecular flexibility index (Phi) is 6.03. The number of halogens is 4. The van der Waals surface area contributed by atoms with Crippen molar-refractivity contribution in [2.45, 2.75) is 13.1 Å². The highest BCUT2D eigenvalue weighted by molar-refractivity contribution is 9.10. The lowest BCUT2D eigenvalue weighted by atomic mass is 10.2. The van der Waals surface area contributed by atoms with Gasteiger partial charge >= 0.3 is 6.18 Å². The predicted molar refractivity (Wildman–Crippen MR) is 105 cm³/mol. The minimum absolute atomic E-state index is 0.0405. The summed E-state index contributed by atoms with van der Waals surface area (Å²) < 4.78 is 46.4. The number of anilines is 4. The van der Waals surface area contributed by atoms with Crippen LogP contribution in [0.1, 0.15) is 12.5 Å². The van der Waals surface area contributed by atoms with E-state index in [9.17, 15) is 13.2 Å². The van der Waals surface area contributed by atoms with Gasteiger partial charge in [0.05, 0.1) is 6.61 Å². The van der Waals surface area contributed by atoms with Crippen LogP contribution in [0.15, 0.2) is 59.2 Å². The van der Waals surface area contributed by atoms with Gasteiger partial charge in [0, 0.05) is 28.1 Å². The molecule has 0 unspecified atom stereocenters. The Morgan fingerprint density at radius 2 is 1.79 bits per heavy atom. The quantitative estimate of drug-likeness (QED) is 0.470. The molecule has 1 heterocycles. The molecule has 9 heteroatoms. The van der Waals surface area contributed by atoms with Gasteiger partial charge in [-0.1, -0.05) is 22.0 Å². The fraction of sp³-hybridized carbons (Fsp3) is 0.158. The Morgan fingerprint density at radius 3 is 2.46 bits per heavy atom. The lowest BCUT2D eigenvalue weighted by Crippen LogP contribution is -2.12. The molecule has 2 aromatic carbocycles. The fourth-order valence-electron chi connectivity index (χ4n) is 2.37. The number of hydrogen-bond donors (Lipinski definition) is 2. The molecular weight excluding hydrogens is 437 g/mol. The standard InChI is InChI=1S/C19H16BrF3N4O/c1-2-28-15-5-3-4-14(10-15)25-17-16(19(21,22)23)11-24-18(27-17)26-13-8-6-12(20)7-9-13/h3-11H,2H2,1H3,(H2,24,25,26,27). The lowest BCUT2D eigenvalue weighted by molar-refractivity contribution is -0.137. The SMILES string of the molecule is CCOc1cccc(Nc2nc(Nc3ccc(Br)cc3)ncc2C(F)(F)F)c1. The predicted octanol–water partition coefficient (Wildman–Crippen LogP) is 6.14. The second-order valence-corrected chi connectivity index (χ2v) is 6.59. The maximum atomic E-state index is 13.4. The molecular formula is C19H16BrF3N4O. The summed E-state index contributed by atoms with van der Waals surface area (Å²) in [6.45, 7) is 2.28. The number of ether oxygens (including phenoxy) is 1. The smallest absolute Gasteiger partial charge is 0.421 e. The zero-order chi connectivity index (χ0) is 20.1. The van der Waals surface area contributed by atoms with Gasteiger partial charge < -0.3 is 15.4 Å². The molecule has 0 bridgehead atoms. The first-order valence-electron chi connectivity index (χ1n) is 8.32. The van der Waals surface area contributed by atoms with Crippen LogP contribution < -0.4 is 15.4 Å². The number of nitrogens with one attached hydrogen (secondary N) is 2. The molecule has 0 amide bonds. The van der Waals surface area contributed by atoms with Gasteiger partial charge in [-0.15, -0.1) is 0 Å². The van der Waals surface area contributed by atoms with Gasteiger partial charge in [0.2, 0.25) is 5.95 Å². The molecule has 0 radical (unpaired) electrons. The third-order valence-corrected chi connectivity index (χ3v) is 4.13. The highest BCUT2D eigenvalue weighted by Crippen LogP contribution is 2.35. The molecule has 0 saturated heterocycles. The van der Waals surface area contributed by atoms with Crippen LogP contribution in [0.2, 0.25) is 0 Å². The van der Waals surface area contributed by atoms with Crippen molar-refractivity contribution in [3.05, 3.63) is 64.8 Å². The molecule has 5 nitrogen and oxygen atoms in total. The van der Waals surface area contributed by atoms with E-state index >= 15 is 0 Å². The number of hydrogen-bond acceptors (Lipinski definition) is 5. The minimum atomic E-state index is -4.60. The minimum Gasteiger partial charge on any atom is -0.494 e. The highest BCUT2D eigenvalue weighted by atomic mass is 79.9. The summed E-state index contributed by atoms with van der Waals surface area (Å²) in [4.78, 5) is 7.82. The van der Waals surface area contributed by atoms with Crippen LogP contribution in [0, 0.1) is 0 Å². The van der Waals surface area contributed by atoms with Crippen LogP contribution in [-0.2, 0) is 6.18 Å². The first-order valence-corrected chi connectivity index (χ1v) is 9.11. The van der Waals surface area contributed by atoms with Gasteiger partial charge in [0.25, 0.3) is 0 Å². The van der Waals surface area contributed by atoms with Crippen molar-refractivity contribution in [1.82, 2.24) is 9.97 Å². The number of nitrogens with zero attached hydrogens (tertiary/aromatic N) is 2. The molecule has 0 aliphatic heterocycles. The van der Waals surface area contributed by atoms with Crippen LogP contribution >= 0.6 is 15.9 Å². The molecule has 0 saturated carbocycles. The molecule has 3 rings (SSSR count). The molecule has 3 aromatic rings. The Morgan fingerprint density at radius 1 is 1.04 bits per heavy atom. The summed E-state index contributed by atoms with van der Waals surface area (Å²) in [7, 11) is 0. The van der Waals surface area contributed by atoms with Crippen molar-refractivity contribution in [1.29, 1.82) is 0 Å². The molecule has 0 atom stereocenters. The molecule has 0 aliphatic rings. The van der Waals surface area contributed by atoms with Gasteiger partial charge in [-0.3, -0.25) is 0 Å². The molecule has 0 aliphatic carbocycles. The first kappa shape index (κ1) is 19.9. The topological polar surface area (TPSA) is 59.1 Å².